The normalized spacial score (nSPS) is 10.3. The molecule has 25 heavy (non-hydrogen) atoms. The first-order valence-electron chi connectivity index (χ1n) is 7.43. The van der Waals surface area contributed by atoms with Crippen LogP contribution in [0.4, 0.5) is 10.8 Å². The number of carbonyl (C=O) groups is 2. The number of benzene rings is 2. The molecule has 0 aliphatic rings. The second kappa shape index (κ2) is 7.46. The Morgan fingerprint density at radius 3 is 2.48 bits per heavy atom. The third-order valence-electron chi connectivity index (χ3n) is 3.45. The van der Waals surface area contributed by atoms with Crippen molar-refractivity contribution < 1.29 is 9.59 Å². The molecule has 0 saturated carbocycles. The molecule has 1 aromatic heterocycles. The highest BCUT2D eigenvalue weighted by Crippen LogP contribution is 2.27. The number of rotatable bonds is 4. The van der Waals surface area contributed by atoms with Gasteiger partial charge in [0.15, 0.2) is 5.13 Å². The molecular weight excluding hydrogens is 358 g/mol. The predicted octanol–water partition coefficient (Wildman–Crippen LogP) is 4.61. The van der Waals surface area contributed by atoms with Gasteiger partial charge >= 0.3 is 0 Å². The number of aryl methyl sites for hydroxylation is 1. The SMILES string of the molecule is Cc1cccc(Cl)c1NC(=O)c1cnc(NC(=O)c2ccccc2)s1. The number of carbonyl (C=O) groups excluding carboxylic acids is 2. The molecule has 0 bridgehead atoms. The molecule has 0 saturated heterocycles. The molecule has 7 heteroatoms. The lowest BCUT2D eigenvalue weighted by Gasteiger charge is -2.08. The summed E-state index contributed by atoms with van der Waals surface area (Å²) in [6, 6.07) is 14.2. The Labute approximate surface area is 153 Å². The number of anilines is 2. The fraction of sp³-hybridized carbons (Fsp3) is 0.0556. The fourth-order valence-corrected chi connectivity index (χ4v) is 3.14. The lowest BCUT2D eigenvalue weighted by molar-refractivity contribution is 0.102. The minimum absolute atomic E-state index is 0.274. The van der Waals surface area contributed by atoms with Crippen molar-refractivity contribution >= 4 is 45.6 Å². The Bertz CT molecular complexity index is 905. The van der Waals surface area contributed by atoms with Gasteiger partial charge in [0.2, 0.25) is 0 Å². The summed E-state index contributed by atoms with van der Waals surface area (Å²) < 4.78 is 0. The Balaban J connectivity index is 1.71. The first-order valence-corrected chi connectivity index (χ1v) is 8.63. The molecule has 126 valence electrons. The van der Waals surface area contributed by atoms with Gasteiger partial charge < -0.3 is 5.32 Å². The predicted molar refractivity (Wildman–Crippen MR) is 101 cm³/mol. The molecule has 2 N–H and O–H groups in total. The van der Waals surface area contributed by atoms with E-state index in [9.17, 15) is 9.59 Å². The van der Waals surface area contributed by atoms with Gasteiger partial charge in [0.1, 0.15) is 4.88 Å². The monoisotopic (exact) mass is 371 g/mol. The maximum absolute atomic E-state index is 12.4. The Morgan fingerprint density at radius 1 is 1.00 bits per heavy atom. The van der Waals surface area contributed by atoms with Crippen LogP contribution in [0.3, 0.4) is 0 Å². The topological polar surface area (TPSA) is 71.1 Å². The van der Waals surface area contributed by atoms with E-state index >= 15 is 0 Å². The summed E-state index contributed by atoms with van der Waals surface area (Å²) in [7, 11) is 0. The van der Waals surface area contributed by atoms with Crippen molar-refractivity contribution in [2.75, 3.05) is 10.6 Å². The average molecular weight is 372 g/mol. The highest BCUT2D eigenvalue weighted by atomic mass is 35.5. The van der Waals surface area contributed by atoms with Gasteiger partial charge in [-0.3, -0.25) is 14.9 Å². The van der Waals surface area contributed by atoms with Crippen molar-refractivity contribution in [3.05, 3.63) is 75.8 Å². The summed E-state index contributed by atoms with van der Waals surface area (Å²) in [5.74, 6) is -0.599. The Kier molecular flexibility index (Phi) is 5.11. The van der Waals surface area contributed by atoms with Crippen LogP contribution < -0.4 is 10.6 Å². The summed E-state index contributed by atoms with van der Waals surface area (Å²) in [5, 5.41) is 6.29. The van der Waals surface area contributed by atoms with Crippen LogP contribution in [0.5, 0.6) is 0 Å². The number of aromatic nitrogens is 1. The number of hydrogen-bond acceptors (Lipinski definition) is 4. The largest absolute Gasteiger partial charge is 0.320 e. The quantitative estimate of drug-likeness (QED) is 0.703. The van der Waals surface area contributed by atoms with Crippen molar-refractivity contribution in [2.24, 2.45) is 0 Å². The van der Waals surface area contributed by atoms with Crippen molar-refractivity contribution in [3.8, 4) is 0 Å². The molecule has 3 aromatic rings. The van der Waals surface area contributed by atoms with E-state index < -0.39 is 0 Å². The number of amides is 2. The Morgan fingerprint density at radius 2 is 1.76 bits per heavy atom. The van der Waals surface area contributed by atoms with E-state index in [1.54, 1.807) is 30.3 Å². The van der Waals surface area contributed by atoms with E-state index in [1.807, 2.05) is 25.1 Å². The van der Waals surface area contributed by atoms with Gasteiger partial charge in [0.05, 0.1) is 16.9 Å². The second-order valence-electron chi connectivity index (χ2n) is 5.24. The van der Waals surface area contributed by atoms with Gasteiger partial charge in [0.25, 0.3) is 11.8 Å². The molecule has 0 fully saturated rings. The molecule has 3 rings (SSSR count). The lowest BCUT2D eigenvalue weighted by atomic mass is 10.2. The van der Waals surface area contributed by atoms with E-state index in [1.165, 1.54) is 6.20 Å². The van der Waals surface area contributed by atoms with E-state index in [4.69, 9.17) is 11.6 Å². The Hall–Kier alpha value is -2.70. The second-order valence-corrected chi connectivity index (χ2v) is 6.67. The zero-order valence-corrected chi connectivity index (χ0v) is 14.8. The molecule has 0 unspecified atom stereocenters. The third-order valence-corrected chi connectivity index (χ3v) is 4.67. The van der Waals surface area contributed by atoms with Gasteiger partial charge in [-0.1, -0.05) is 53.3 Å². The minimum Gasteiger partial charge on any atom is -0.320 e. The zero-order valence-electron chi connectivity index (χ0n) is 13.2. The van der Waals surface area contributed by atoms with E-state index in [-0.39, 0.29) is 11.8 Å². The molecule has 0 spiro atoms. The summed E-state index contributed by atoms with van der Waals surface area (Å²) in [5.41, 5.74) is 1.95. The van der Waals surface area contributed by atoms with Crippen LogP contribution >= 0.6 is 22.9 Å². The van der Waals surface area contributed by atoms with E-state index in [0.717, 1.165) is 16.9 Å². The standard InChI is InChI=1S/C18H14ClN3O2S/c1-11-6-5-9-13(19)15(11)21-17(24)14-10-20-18(25-14)22-16(23)12-7-3-2-4-8-12/h2-10H,1H3,(H,21,24)(H,20,22,23). The highest BCUT2D eigenvalue weighted by molar-refractivity contribution is 7.17. The van der Waals surface area contributed by atoms with Gasteiger partial charge in [-0.05, 0) is 30.7 Å². The first kappa shape index (κ1) is 17.1. The number of hydrogen-bond donors (Lipinski definition) is 2. The summed E-state index contributed by atoms with van der Waals surface area (Å²) >= 11 is 7.22. The van der Waals surface area contributed by atoms with Crippen molar-refractivity contribution in [3.63, 3.8) is 0 Å². The van der Waals surface area contributed by atoms with E-state index in [0.29, 0.717) is 26.3 Å². The number of nitrogens with zero attached hydrogens (tertiary/aromatic N) is 1. The molecule has 5 nitrogen and oxygen atoms in total. The average Bonchev–Trinajstić information content (AvgIpc) is 3.07. The van der Waals surface area contributed by atoms with Gasteiger partial charge in [0, 0.05) is 5.56 Å². The molecular formula is C18H14ClN3O2S. The van der Waals surface area contributed by atoms with Crippen molar-refractivity contribution in [2.45, 2.75) is 6.92 Å². The van der Waals surface area contributed by atoms with Crippen LogP contribution in [0.15, 0.2) is 54.7 Å². The molecule has 1 heterocycles. The molecule has 0 radical (unpaired) electrons. The smallest absolute Gasteiger partial charge is 0.267 e. The molecule has 2 aromatic carbocycles. The lowest BCUT2D eigenvalue weighted by Crippen LogP contribution is -2.12. The van der Waals surface area contributed by atoms with Gasteiger partial charge in [-0.2, -0.15) is 0 Å². The third kappa shape index (κ3) is 4.04. The van der Waals surface area contributed by atoms with Gasteiger partial charge in [-0.25, -0.2) is 4.98 Å². The van der Waals surface area contributed by atoms with Crippen LogP contribution in [0.25, 0.3) is 0 Å². The highest BCUT2D eigenvalue weighted by Gasteiger charge is 2.15. The van der Waals surface area contributed by atoms with Crippen LogP contribution in [-0.4, -0.2) is 16.8 Å². The van der Waals surface area contributed by atoms with Crippen LogP contribution in [0, 0.1) is 6.92 Å². The molecule has 0 atom stereocenters. The summed E-state index contributed by atoms with van der Waals surface area (Å²) in [4.78, 5) is 28.9. The number of halogens is 1. The molecule has 0 aliphatic carbocycles. The van der Waals surface area contributed by atoms with Crippen LogP contribution in [-0.2, 0) is 0 Å². The van der Waals surface area contributed by atoms with Crippen molar-refractivity contribution in [1.82, 2.24) is 4.98 Å². The summed E-state index contributed by atoms with van der Waals surface area (Å²) in [6.45, 7) is 1.86. The molecule has 0 aliphatic heterocycles. The first-order chi connectivity index (χ1) is 12.0. The minimum atomic E-state index is -0.325. The number of nitrogens with one attached hydrogen (secondary N) is 2. The van der Waals surface area contributed by atoms with E-state index in [2.05, 4.69) is 15.6 Å². The van der Waals surface area contributed by atoms with Crippen LogP contribution in [0.2, 0.25) is 5.02 Å². The molecule has 2 amide bonds. The fourth-order valence-electron chi connectivity index (χ4n) is 2.16. The maximum atomic E-state index is 12.4. The van der Waals surface area contributed by atoms with Crippen LogP contribution in [0.1, 0.15) is 25.6 Å². The number of thiazole rings is 1. The van der Waals surface area contributed by atoms with Gasteiger partial charge in [-0.15, -0.1) is 0 Å². The maximum Gasteiger partial charge on any atom is 0.267 e. The zero-order chi connectivity index (χ0) is 17.8. The number of para-hydroxylation sites is 1. The van der Waals surface area contributed by atoms with Crippen molar-refractivity contribution in [1.29, 1.82) is 0 Å². The summed E-state index contributed by atoms with van der Waals surface area (Å²) in [6.07, 6.45) is 1.42.